The molecule has 1 amide bonds. The molecule has 6 heteroatoms. The Labute approximate surface area is 140 Å². The summed E-state index contributed by atoms with van der Waals surface area (Å²) in [6.07, 6.45) is 4.79. The highest BCUT2D eigenvalue weighted by molar-refractivity contribution is 5.92. The zero-order chi connectivity index (χ0) is 17.4. The van der Waals surface area contributed by atoms with Crippen LogP contribution in [0.2, 0.25) is 0 Å². The van der Waals surface area contributed by atoms with E-state index in [2.05, 4.69) is 16.1 Å². The SMILES string of the molecule is CCOC(=O)/C=C/C(=O)OCC(=O)N[C@@H]1CCCc2ccccc21. The third kappa shape index (κ3) is 5.22. The molecule has 0 bridgehead atoms. The highest BCUT2D eigenvalue weighted by Crippen LogP contribution is 2.29. The smallest absolute Gasteiger partial charge is 0.331 e. The second-order valence-electron chi connectivity index (χ2n) is 5.40. The summed E-state index contributed by atoms with van der Waals surface area (Å²) in [7, 11) is 0. The maximum absolute atomic E-state index is 12.0. The summed E-state index contributed by atoms with van der Waals surface area (Å²) in [6, 6.07) is 7.95. The van der Waals surface area contributed by atoms with Gasteiger partial charge in [-0.05, 0) is 37.3 Å². The number of benzene rings is 1. The zero-order valence-corrected chi connectivity index (χ0v) is 13.6. The van der Waals surface area contributed by atoms with Gasteiger partial charge in [0.2, 0.25) is 0 Å². The summed E-state index contributed by atoms with van der Waals surface area (Å²) >= 11 is 0. The van der Waals surface area contributed by atoms with Crippen LogP contribution in [0.3, 0.4) is 0 Å². The Hall–Kier alpha value is -2.63. The van der Waals surface area contributed by atoms with Gasteiger partial charge in [-0.1, -0.05) is 24.3 Å². The Morgan fingerprint density at radius 2 is 1.88 bits per heavy atom. The van der Waals surface area contributed by atoms with Crippen molar-refractivity contribution in [3.05, 3.63) is 47.5 Å². The van der Waals surface area contributed by atoms with Crippen molar-refractivity contribution in [3.8, 4) is 0 Å². The van der Waals surface area contributed by atoms with Crippen LogP contribution in [0.4, 0.5) is 0 Å². The van der Waals surface area contributed by atoms with Crippen molar-refractivity contribution in [3.63, 3.8) is 0 Å². The molecule has 0 aromatic heterocycles. The van der Waals surface area contributed by atoms with Crippen molar-refractivity contribution in [2.75, 3.05) is 13.2 Å². The van der Waals surface area contributed by atoms with E-state index in [1.165, 1.54) is 5.56 Å². The van der Waals surface area contributed by atoms with Crippen LogP contribution >= 0.6 is 0 Å². The van der Waals surface area contributed by atoms with E-state index < -0.39 is 11.9 Å². The lowest BCUT2D eigenvalue weighted by Crippen LogP contribution is -2.34. The topological polar surface area (TPSA) is 81.7 Å². The van der Waals surface area contributed by atoms with Crippen molar-refractivity contribution in [1.29, 1.82) is 0 Å². The summed E-state index contributed by atoms with van der Waals surface area (Å²) in [6.45, 7) is 1.51. The van der Waals surface area contributed by atoms with Crippen LogP contribution < -0.4 is 5.32 Å². The standard InChI is InChI=1S/C18H21NO5/c1-2-23-17(21)10-11-18(22)24-12-16(20)19-15-9-5-7-13-6-3-4-8-14(13)15/h3-4,6,8,10-11,15H,2,5,7,9,12H2,1H3,(H,19,20)/b11-10+/t15-/m1/s1. The molecule has 0 heterocycles. The molecular formula is C18H21NO5. The summed E-state index contributed by atoms with van der Waals surface area (Å²) < 4.78 is 9.46. The summed E-state index contributed by atoms with van der Waals surface area (Å²) in [5.74, 6) is -1.76. The summed E-state index contributed by atoms with van der Waals surface area (Å²) in [5, 5.41) is 2.88. The lowest BCUT2D eigenvalue weighted by molar-refractivity contribution is -0.144. The average molecular weight is 331 g/mol. The summed E-state index contributed by atoms with van der Waals surface area (Å²) in [5.41, 5.74) is 2.36. The van der Waals surface area contributed by atoms with E-state index >= 15 is 0 Å². The van der Waals surface area contributed by atoms with Gasteiger partial charge in [-0.2, -0.15) is 0 Å². The number of nitrogens with one attached hydrogen (secondary N) is 1. The number of aryl methyl sites for hydroxylation is 1. The van der Waals surface area contributed by atoms with Crippen molar-refractivity contribution < 1.29 is 23.9 Å². The molecule has 0 unspecified atom stereocenters. The second kappa shape index (κ2) is 8.86. The van der Waals surface area contributed by atoms with Gasteiger partial charge in [0.05, 0.1) is 12.6 Å². The van der Waals surface area contributed by atoms with Crippen LogP contribution in [0, 0.1) is 0 Å². The van der Waals surface area contributed by atoms with Crippen LogP contribution in [-0.4, -0.2) is 31.1 Å². The van der Waals surface area contributed by atoms with Gasteiger partial charge < -0.3 is 14.8 Å². The molecule has 0 radical (unpaired) electrons. The van der Waals surface area contributed by atoms with Crippen molar-refractivity contribution in [2.24, 2.45) is 0 Å². The maximum Gasteiger partial charge on any atom is 0.331 e. The minimum Gasteiger partial charge on any atom is -0.463 e. The van der Waals surface area contributed by atoms with Gasteiger partial charge in [0.15, 0.2) is 6.61 Å². The quantitative estimate of drug-likeness (QED) is 0.635. The Morgan fingerprint density at radius 3 is 2.62 bits per heavy atom. The maximum atomic E-state index is 12.0. The first-order valence-electron chi connectivity index (χ1n) is 7.99. The Morgan fingerprint density at radius 1 is 1.17 bits per heavy atom. The minimum absolute atomic E-state index is 0.0590. The number of ether oxygens (including phenoxy) is 2. The first kappa shape index (κ1) is 17.7. The minimum atomic E-state index is -0.762. The molecule has 1 atom stereocenters. The third-order valence-corrected chi connectivity index (χ3v) is 3.69. The van der Waals surface area contributed by atoms with Crippen LogP contribution in [0.5, 0.6) is 0 Å². The number of rotatable bonds is 6. The van der Waals surface area contributed by atoms with Crippen LogP contribution in [0.1, 0.15) is 36.9 Å². The fourth-order valence-electron chi connectivity index (χ4n) is 2.65. The Bertz CT molecular complexity index is 638. The molecule has 1 N–H and O–H groups in total. The lowest BCUT2D eigenvalue weighted by Gasteiger charge is -2.26. The van der Waals surface area contributed by atoms with Crippen molar-refractivity contribution in [1.82, 2.24) is 5.32 Å². The van der Waals surface area contributed by atoms with Crippen LogP contribution in [-0.2, 0) is 30.3 Å². The van der Waals surface area contributed by atoms with E-state index in [4.69, 9.17) is 4.74 Å². The molecule has 0 saturated carbocycles. The lowest BCUT2D eigenvalue weighted by atomic mass is 9.88. The number of amides is 1. The first-order valence-corrected chi connectivity index (χ1v) is 7.99. The van der Waals surface area contributed by atoms with E-state index in [1.54, 1.807) is 6.92 Å². The van der Waals surface area contributed by atoms with Gasteiger partial charge in [-0.15, -0.1) is 0 Å². The molecule has 6 nitrogen and oxygen atoms in total. The van der Waals surface area contributed by atoms with Gasteiger partial charge in [-0.25, -0.2) is 9.59 Å². The molecule has 1 aromatic carbocycles. The van der Waals surface area contributed by atoms with Crippen molar-refractivity contribution in [2.45, 2.75) is 32.2 Å². The molecule has 1 aromatic rings. The molecule has 0 spiro atoms. The predicted molar refractivity (Wildman–Crippen MR) is 87.0 cm³/mol. The van der Waals surface area contributed by atoms with E-state index in [1.807, 2.05) is 18.2 Å². The molecule has 2 rings (SSSR count). The summed E-state index contributed by atoms with van der Waals surface area (Å²) in [4.78, 5) is 34.5. The largest absolute Gasteiger partial charge is 0.463 e. The van der Waals surface area contributed by atoms with E-state index in [9.17, 15) is 14.4 Å². The van der Waals surface area contributed by atoms with Gasteiger partial charge >= 0.3 is 11.9 Å². The van der Waals surface area contributed by atoms with E-state index in [-0.39, 0.29) is 25.2 Å². The molecular weight excluding hydrogens is 310 g/mol. The predicted octanol–water partition coefficient (Wildman–Crippen LogP) is 1.84. The number of fused-ring (bicyclic) bond motifs is 1. The Kier molecular flexibility index (Phi) is 6.54. The number of carbonyl (C=O) groups excluding carboxylic acids is 3. The second-order valence-corrected chi connectivity index (χ2v) is 5.40. The van der Waals surface area contributed by atoms with Gasteiger partial charge in [-0.3, -0.25) is 4.79 Å². The molecule has 128 valence electrons. The average Bonchev–Trinajstić information content (AvgIpc) is 2.59. The molecule has 1 aliphatic rings. The third-order valence-electron chi connectivity index (χ3n) is 3.69. The van der Waals surface area contributed by atoms with Gasteiger partial charge in [0, 0.05) is 12.2 Å². The number of hydrogen-bond acceptors (Lipinski definition) is 5. The normalized spacial score (nSPS) is 16.3. The van der Waals surface area contributed by atoms with Gasteiger partial charge in [0.1, 0.15) is 0 Å². The fourth-order valence-corrected chi connectivity index (χ4v) is 2.65. The molecule has 0 aliphatic heterocycles. The van der Waals surface area contributed by atoms with Gasteiger partial charge in [0.25, 0.3) is 5.91 Å². The monoisotopic (exact) mass is 331 g/mol. The first-order chi connectivity index (χ1) is 11.6. The van der Waals surface area contributed by atoms with E-state index in [0.29, 0.717) is 0 Å². The zero-order valence-electron chi connectivity index (χ0n) is 13.6. The molecule has 1 aliphatic carbocycles. The molecule has 0 fully saturated rings. The van der Waals surface area contributed by atoms with Crippen LogP contribution in [0.25, 0.3) is 0 Å². The molecule has 0 saturated heterocycles. The highest BCUT2D eigenvalue weighted by atomic mass is 16.5. The number of esters is 2. The van der Waals surface area contributed by atoms with Crippen LogP contribution in [0.15, 0.2) is 36.4 Å². The number of hydrogen-bond donors (Lipinski definition) is 1. The molecule has 24 heavy (non-hydrogen) atoms. The van der Waals surface area contributed by atoms with Crippen molar-refractivity contribution >= 4 is 17.8 Å². The highest BCUT2D eigenvalue weighted by Gasteiger charge is 2.21. The van der Waals surface area contributed by atoms with E-state index in [0.717, 1.165) is 37.0 Å². The number of carbonyl (C=O) groups is 3. The fraction of sp³-hybridized carbons (Fsp3) is 0.389. The Balaban J connectivity index is 1.80.